The summed E-state index contributed by atoms with van der Waals surface area (Å²) in [5.74, 6) is 0.581. The molecule has 0 saturated carbocycles. The molecule has 5 rings (SSSR count). The van der Waals surface area contributed by atoms with E-state index in [1.54, 1.807) is 0 Å². The number of aryl methyl sites for hydroxylation is 1. The molecule has 0 aliphatic rings. The Morgan fingerprint density at radius 1 is 0.971 bits per heavy atom. The predicted molar refractivity (Wildman–Crippen MR) is 145 cm³/mol. The maximum Gasteiger partial charge on any atom is 0.267 e. The van der Waals surface area contributed by atoms with Crippen LogP contribution in [0.3, 0.4) is 0 Å². The number of carbonyl (C=O) groups is 1. The Kier molecular flexibility index (Phi) is 6.21. The summed E-state index contributed by atoms with van der Waals surface area (Å²) in [7, 11) is 0. The molecule has 0 aliphatic heterocycles. The number of pyridine rings is 1. The molecule has 0 fully saturated rings. The Bertz CT molecular complexity index is 1510. The van der Waals surface area contributed by atoms with Crippen LogP contribution in [-0.2, 0) is 0 Å². The summed E-state index contributed by atoms with van der Waals surface area (Å²) in [6.07, 6.45) is 0. The van der Waals surface area contributed by atoms with Gasteiger partial charge in [0, 0.05) is 16.6 Å². The van der Waals surface area contributed by atoms with Crippen molar-refractivity contribution in [1.82, 2.24) is 4.98 Å². The van der Waals surface area contributed by atoms with Gasteiger partial charge in [-0.2, -0.15) is 0 Å². The smallest absolute Gasteiger partial charge is 0.267 e. The van der Waals surface area contributed by atoms with E-state index in [9.17, 15) is 4.79 Å². The number of para-hydroxylation sites is 1. The maximum absolute atomic E-state index is 13.2. The SMILES string of the molecule is CCOc1ccc(-c2cc(-c3ccccc3)c3c(N)c(C(=O)Nc4ccccc4C)sc3n2)cc1. The lowest BCUT2D eigenvalue weighted by Crippen LogP contribution is -2.12. The van der Waals surface area contributed by atoms with Crippen molar-refractivity contribution in [3.63, 3.8) is 0 Å². The highest BCUT2D eigenvalue weighted by Crippen LogP contribution is 2.41. The van der Waals surface area contributed by atoms with Crippen LogP contribution in [0.4, 0.5) is 11.4 Å². The normalized spacial score (nSPS) is 10.9. The number of nitrogen functional groups attached to an aromatic ring is 1. The summed E-state index contributed by atoms with van der Waals surface area (Å²) >= 11 is 1.31. The molecule has 0 bridgehead atoms. The molecule has 1 amide bonds. The standard InChI is InChI=1S/C29H25N3O2S/c1-3-34-21-15-13-20(14-16-21)24-17-22(19-10-5-4-6-11-19)25-26(30)27(35-29(25)32-24)28(33)31-23-12-8-7-9-18(23)2/h4-17H,3,30H2,1-2H3,(H,31,33). The number of benzene rings is 3. The lowest BCUT2D eigenvalue weighted by molar-refractivity contribution is 0.103. The molecule has 5 nitrogen and oxygen atoms in total. The van der Waals surface area contributed by atoms with Crippen molar-refractivity contribution in [2.45, 2.75) is 13.8 Å². The fourth-order valence-electron chi connectivity index (χ4n) is 4.06. The number of hydrogen-bond donors (Lipinski definition) is 2. The average Bonchev–Trinajstić information content (AvgIpc) is 3.22. The number of nitrogens with two attached hydrogens (primary N) is 1. The van der Waals surface area contributed by atoms with Gasteiger partial charge in [0.05, 0.1) is 18.0 Å². The van der Waals surface area contributed by atoms with Crippen molar-refractivity contribution in [3.8, 4) is 28.1 Å². The van der Waals surface area contributed by atoms with Crippen molar-refractivity contribution < 1.29 is 9.53 Å². The highest BCUT2D eigenvalue weighted by molar-refractivity contribution is 7.21. The Labute approximate surface area is 208 Å². The number of nitrogens with one attached hydrogen (secondary N) is 1. The Morgan fingerprint density at radius 3 is 2.40 bits per heavy atom. The van der Waals surface area contributed by atoms with E-state index in [1.807, 2.05) is 98.8 Å². The lowest BCUT2D eigenvalue weighted by atomic mass is 9.99. The van der Waals surface area contributed by atoms with Gasteiger partial charge in [0.25, 0.3) is 5.91 Å². The fraction of sp³-hybridized carbons (Fsp3) is 0.103. The van der Waals surface area contributed by atoms with E-state index in [1.165, 1.54) is 11.3 Å². The molecule has 0 spiro atoms. The van der Waals surface area contributed by atoms with Gasteiger partial charge in [0.15, 0.2) is 0 Å². The minimum atomic E-state index is -0.235. The van der Waals surface area contributed by atoms with Gasteiger partial charge >= 0.3 is 0 Å². The number of ether oxygens (including phenoxy) is 1. The molecule has 3 aromatic carbocycles. The van der Waals surface area contributed by atoms with Crippen LogP contribution in [0, 0.1) is 6.92 Å². The van der Waals surface area contributed by atoms with Crippen molar-refractivity contribution in [2.24, 2.45) is 0 Å². The number of nitrogens with zero attached hydrogens (tertiary/aromatic N) is 1. The third-order valence-electron chi connectivity index (χ3n) is 5.84. The Hall–Kier alpha value is -4.16. The number of rotatable bonds is 6. The number of amides is 1. The van der Waals surface area contributed by atoms with Crippen molar-refractivity contribution >= 4 is 38.8 Å². The van der Waals surface area contributed by atoms with E-state index >= 15 is 0 Å². The van der Waals surface area contributed by atoms with Crippen molar-refractivity contribution in [1.29, 1.82) is 0 Å². The zero-order valence-electron chi connectivity index (χ0n) is 19.5. The van der Waals surface area contributed by atoms with Gasteiger partial charge in [-0.3, -0.25) is 4.79 Å². The summed E-state index contributed by atoms with van der Waals surface area (Å²) in [5.41, 5.74) is 12.5. The highest BCUT2D eigenvalue weighted by atomic mass is 32.1. The minimum Gasteiger partial charge on any atom is -0.494 e. The zero-order valence-corrected chi connectivity index (χ0v) is 20.4. The summed E-state index contributed by atoms with van der Waals surface area (Å²) in [6.45, 7) is 4.54. The number of thiophene rings is 1. The van der Waals surface area contributed by atoms with Crippen LogP contribution in [0.2, 0.25) is 0 Å². The average molecular weight is 480 g/mol. The molecule has 0 aliphatic carbocycles. The van der Waals surface area contributed by atoms with Gasteiger partial charge in [0.2, 0.25) is 0 Å². The largest absolute Gasteiger partial charge is 0.494 e. The van der Waals surface area contributed by atoms with Gasteiger partial charge in [0.1, 0.15) is 15.5 Å². The van der Waals surface area contributed by atoms with E-state index < -0.39 is 0 Å². The Morgan fingerprint density at radius 2 is 1.69 bits per heavy atom. The zero-order chi connectivity index (χ0) is 24.4. The van der Waals surface area contributed by atoms with Gasteiger partial charge in [-0.25, -0.2) is 4.98 Å². The van der Waals surface area contributed by atoms with Crippen molar-refractivity contribution in [2.75, 3.05) is 17.7 Å². The van der Waals surface area contributed by atoms with E-state index in [0.717, 1.165) is 49.6 Å². The van der Waals surface area contributed by atoms with Gasteiger partial charge in [-0.05, 0) is 66.9 Å². The molecular weight excluding hydrogens is 454 g/mol. The Balaban J connectivity index is 1.64. The first-order valence-electron chi connectivity index (χ1n) is 11.4. The molecule has 2 aromatic heterocycles. The third-order valence-corrected chi connectivity index (χ3v) is 6.94. The van der Waals surface area contributed by atoms with Gasteiger partial charge in [-0.15, -0.1) is 11.3 Å². The molecule has 174 valence electrons. The maximum atomic E-state index is 13.2. The minimum absolute atomic E-state index is 0.235. The second kappa shape index (κ2) is 9.60. The summed E-state index contributed by atoms with van der Waals surface area (Å²) in [6, 6.07) is 27.7. The summed E-state index contributed by atoms with van der Waals surface area (Å²) < 4.78 is 5.58. The predicted octanol–water partition coefficient (Wildman–Crippen LogP) is 7.17. The topological polar surface area (TPSA) is 77.2 Å². The van der Waals surface area contributed by atoms with E-state index in [2.05, 4.69) is 5.32 Å². The summed E-state index contributed by atoms with van der Waals surface area (Å²) in [5, 5.41) is 3.80. The number of anilines is 2. The van der Waals surface area contributed by atoms with Crippen LogP contribution in [-0.4, -0.2) is 17.5 Å². The third kappa shape index (κ3) is 4.48. The molecule has 0 saturated heterocycles. The molecule has 0 radical (unpaired) electrons. The second-order valence-electron chi connectivity index (χ2n) is 8.17. The second-order valence-corrected chi connectivity index (χ2v) is 9.17. The lowest BCUT2D eigenvalue weighted by Gasteiger charge is -2.10. The first kappa shape index (κ1) is 22.6. The molecule has 3 N–H and O–H groups in total. The molecule has 2 heterocycles. The fourth-order valence-corrected chi connectivity index (χ4v) is 5.08. The van der Waals surface area contributed by atoms with Crippen LogP contribution in [0.5, 0.6) is 5.75 Å². The van der Waals surface area contributed by atoms with Crippen LogP contribution in [0.1, 0.15) is 22.2 Å². The quantitative estimate of drug-likeness (QED) is 0.271. The van der Waals surface area contributed by atoms with Gasteiger partial charge in [-0.1, -0.05) is 48.5 Å². The number of fused-ring (bicyclic) bond motifs is 1. The molecular formula is C29H25N3O2S. The summed E-state index contributed by atoms with van der Waals surface area (Å²) in [4.78, 5) is 19.3. The van der Waals surface area contributed by atoms with Crippen LogP contribution < -0.4 is 15.8 Å². The first-order valence-corrected chi connectivity index (χ1v) is 12.3. The van der Waals surface area contributed by atoms with Crippen LogP contribution in [0.25, 0.3) is 32.6 Å². The highest BCUT2D eigenvalue weighted by Gasteiger charge is 2.22. The van der Waals surface area contributed by atoms with E-state index in [-0.39, 0.29) is 5.91 Å². The number of carbonyl (C=O) groups excluding carboxylic acids is 1. The van der Waals surface area contributed by atoms with Crippen LogP contribution >= 0.6 is 11.3 Å². The number of hydrogen-bond acceptors (Lipinski definition) is 5. The van der Waals surface area contributed by atoms with Crippen LogP contribution in [0.15, 0.2) is 84.9 Å². The number of aromatic nitrogens is 1. The monoisotopic (exact) mass is 479 g/mol. The molecule has 0 atom stereocenters. The first-order chi connectivity index (χ1) is 17.0. The molecule has 35 heavy (non-hydrogen) atoms. The molecule has 6 heteroatoms. The van der Waals surface area contributed by atoms with Gasteiger partial charge < -0.3 is 15.8 Å². The van der Waals surface area contributed by atoms with E-state index in [4.69, 9.17) is 15.5 Å². The molecule has 5 aromatic rings. The van der Waals surface area contributed by atoms with E-state index in [0.29, 0.717) is 17.2 Å². The van der Waals surface area contributed by atoms with Crippen molar-refractivity contribution in [3.05, 3.63) is 95.4 Å². The molecule has 0 unspecified atom stereocenters.